The molecule has 6 heteroatoms. The number of carbonyl (C=O) groups is 1. The second-order valence-corrected chi connectivity index (χ2v) is 5.76. The third-order valence-electron chi connectivity index (χ3n) is 2.14. The van der Waals surface area contributed by atoms with Crippen LogP contribution in [-0.2, 0) is 14.8 Å². The Balaban J connectivity index is 2.88. The minimum absolute atomic E-state index is 0.277. The van der Waals surface area contributed by atoms with Gasteiger partial charge in [-0.1, -0.05) is 26.0 Å². The summed E-state index contributed by atoms with van der Waals surface area (Å²) in [4.78, 5) is 10.4. The molecule has 0 heterocycles. The van der Waals surface area contributed by atoms with Crippen molar-refractivity contribution in [1.82, 2.24) is 0 Å². The first-order chi connectivity index (χ1) is 7.80. The Morgan fingerprint density at radius 3 is 2.59 bits per heavy atom. The number of aliphatic carboxylic acids is 1. The quantitative estimate of drug-likeness (QED) is 0.839. The highest BCUT2D eigenvalue weighted by Gasteiger charge is 2.15. The fourth-order valence-electron chi connectivity index (χ4n) is 1.34. The van der Waals surface area contributed by atoms with Gasteiger partial charge in [-0.25, -0.2) is 8.42 Å². The number of carboxylic acids is 1. The molecule has 1 rings (SSSR count). The minimum atomic E-state index is -3.83. The van der Waals surface area contributed by atoms with Crippen LogP contribution in [0.1, 0.15) is 25.3 Å². The van der Waals surface area contributed by atoms with E-state index in [1.807, 2.05) is 19.9 Å². The number of hydrogen-bond acceptors (Lipinski definition) is 3. The Labute approximate surface area is 101 Å². The molecule has 0 amide bonds. The molecule has 94 valence electrons. The lowest BCUT2D eigenvalue weighted by Crippen LogP contribution is -2.22. The van der Waals surface area contributed by atoms with Gasteiger partial charge in [0, 0.05) is 5.69 Å². The molecule has 1 aromatic rings. The molecule has 5 nitrogen and oxygen atoms in total. The molecule has 0 radical (unpaired) electrons. The maximum absolute atomic E-state index is 11.4. The highest BCUT2D eigenvalue weighted by Crippen LogP contribution is 2.19. The lowest BCUT2D eigenvalue weighted by atomic mass is 10.0. The highest BCUT2D eigenvalue weighted by molar-refractivity contribution is 7.93. The Morgan fingerprint density at radius 2 is 2.06 bits per heavy atom. The zero-order valence-electron chi connectivity index (χ0n) is 9.67. The van der Waals surface area contributed by atoms with Crippen molar-refractivity contribution in [2.75, 3.05) is 10.5 Å². The van der Waals surface area contributed by atoms with Crippen LogP contribution < -0.4 is 4.72 Å². The average Bonchev–Trinajstić information content (AvgIpc) is 2.14. The molecule has 0 unspecified atom stereocenters. The number of nitrogens with one attached hydrogen (secondary N) is 1. The standard InChI is InChI=1S/C11H15NO4S/c1-8(2)9-4-3-5-10(6-9)12-17(15,16)7-11(13)14/h3-6,8,12H,7H2,1-2H3,(H,13,14). The molecule has 17 heavy (non-hydrogen) atoms. The lowest BCUT2D eigenvalue weighted by molar-refractivity contribution is -0.134. The Morgan fingerprint density at radius 1 is 1.41 bits per heavy atom. The normalized spacial score (nSPS) is 11.5. The van der Waals surface area contributed by atoms with Crippen molar-refractivity contribution in [3.63, 3.8) is 0 Å². The van der Waals surface area contributed by atoms with Crippen molar-refractivity contribution in [2.45, 2.75) is 19.8 Å². The molecule has 0 spiro atoms. The smallest absolute Gasteiger partial charge is 0.320 e. The summed E-state index contributed by atoms with van der Waals surface area (Å²) in [5, 5.41) is 8.45. The molecule has 0 aromatic heterocycles. The van der Waals surface area contributed by atoms with Crippen molar-refractivity contribution in [3.8, 4) is 0 Å². The Bertz CT molecular complexity index is 508. The van der Waals surface area contributed by atoms with E-state index in [9.17, 15) is 13.2 Å². The molecule has 0 aliphatic carbocycles. The fraction of sp³-hybridized carbons (Fsp3) is 0.364. The van der Waals surface area contributed by atoms with Crippen LogP contribution in [-0.4, -0.2) is 25.2 Å². The van der Waals surface area contributed by atoms with Crippen molar-refractivity contribution in [3.05, 3.63) is 29.8 Å². The van der Waals surface area contributed by atoms with Gasteiger partial charge in [-0.05, 0) is 23.6 Å². The molecule has 0 bridgehead atoms. The van der Waals surface area contributed by atoms with Crippen molar-refractivity contribution in [1.29, 1.82) is 0 Å². The Hall–Kier alpha value is -1.56. The van der Waals surface area contributed by atoms with E-state index in [-0.39, 0.29) is 5.92 Å². The second-order valence-electron chi connectivity index (χ2n) is 4.04. The molecule has 0 aliphatic rings. The summed E-state index contributed by atoms with van der Waals surface area (Å²) < 4.78 is 25.0. The first-order valence-electron chi connectivity index (χ1n) is 5.12. The summed E-state index contributed by atoms with van der Waals surface area (Å²) in [6, 6.07) is 6.91. The molecule has 2 N–H and O–H groups in total. The van der Waals surface area contributed by atoms with E-state index in [0.717, 1.165) is 5.56 Å². The third-order valence-corrected chi connectivity index (χ3v) is 3.31. The molecule has 1 aromatic carbocycles. The van der Waals surface area contributed by atoms with E-state index < -0.39 is 21.7 Å². The van der Waals surface area contributed by atoms with Crippen LogP contribution in [0, 0.1) is 0 Å². The summed E-state index contributed by atoms with van der Waals surface area (Å²) in [6.45, 7) is 3.98. The van der Waals surface area contributed by atoms with E-state index in [4.69, 9.17) is 5.11 Å². The van der Waals surface area contributed by atoms with Crippen LogP contribution >= 0.6 is 0 Å². The molecule has 0 saturated heterocycles. The zero-order valence-corrected chi connectivity index (χ0v) is 10.5. The van der Waals surface area contributed by atoms with Gasteiger partial charge in [-0.3, -0.25) is 9.52 Å². The highest BCUT2D eigenvalue weighted by atomic mass is 32.2. The van der Waals surface area contributed by atoms with Crippen LogP contribution in [0.4, 0.5) is 5.69 Å². The fourth-order valence-corrected chi connectivity index (χ4v) is 2.22. The Kier molecular flexibility index (Phi) is 4.11. The van der Waals surface area contributed by atoms with E-state index in [1.54, 1.807) is 18.2 Å². The summed E-state index contributed by atoms with van der Waals surface area (Å²) >= 11 is 0. The van der Waals surface area contributed by atoms with Gasteiger partial charge in [0.05, 0.1) is 0 Å². The van der Waals surface area contributed by atoms with Crippen molar-refractivity contribution >= 4 is 21.7 Å². The summed E-state index contributed by atoms with van der Waals surface area (Å²) in [5.74, 6) is -2.03. The van der Waals surface area contributed by atoms with Crippen molar-refractivity contribution < 1.29 is 18.3 Å². The maximum atomic E-state index is 11.4. The maximum Gasteiger partial charge on any atom is 0.320 e. The molecule has 0 aliphatic heterocycles. The molecule has 0 fully saturated rings. The predicted octanol–water partition coefficient (Wildman–Crippen LogP) is 1.64. The first kappa shape index (κ1) is 13.5. The number of hydrogen-bond donors (Lipinski definition) is 2. The molecular weight excluding hydrogens is 242 g/mol. The molecule has 0 atom stereocenters. The SMILES string of the molecule is CC(C)c1cccc(NS(=O)(=O)CC(=O)O)c1. The lowest BCUT2D eigenvalue weighted by Gasteiger charge is -2.09. The van der Waals surface area contributed by atoms with Gasteiger partial charge in [0.1, 0.15) is 0 Å². The van der Waals surface area contributed by atoms with Crippen LogP contribution in [0.3, 0.4) is 0 Å². The van der Waals surface area contributed by atoms with Gasteiger partial charge in [-0.2, -0.15) is 0 Å². The average molecular weight is 257 g/mol. The van der Waals surface area contributed by atoms with Gasteiger partial charge >= 0.3 is 5.97 Å². The summed E-state index contributed by atoms with van der Waals surface area (Å²) in [6.07, 6.45) is 0. The second kappa shape index (κ2) is 5.18. The number of benzene rings is 1. The van der Waals surface area contributed by atoms with Gasteiger partial charge in [0.2, 0.25) is 10.0 Å². The largest absolute Gasteiger partial charge is 0.480 e. The first-order valence-corrected chi connectivity index (χ1v) is 6.77. The predicted molar refractivity (Wildman–Crippen MR) is 65.6 cm³/mol. The minimum Gasteiger partial charge on any atom is -0.480 e. The number of anilines is 1. The molecule has 0 saturated carbocycles. The van der Waals surface area contributed by atoms with Gasteiger partial charge < -0.3 is 5.11 Å². The summed E-state index contributed by atoms with van der Waals surface area (Å²) in [7, 11) is -3.83. The van der Waals surface area contributed by atoms with E-state index in [0.29, 0.717) is 5.69 Å². The third kappa shape index (κ3) is 4.44. The van der Waals surface area contributed by atoms with E-state index in [1.165, 1.54) is 0 Å². The molecular formula is C11H15NO4S. The zero-order chi connectivity index (χ0) is 13.1. The van der Waals surface area contributed by atoms with Crippen LogP contribution in [0.5, 0.6) is 0 Å². The number of carboxylic acid groups (broad SMARTS) is 1. The van der Waals surface area contributed by atoms with Crippen LogP contribution in [0.2, 0.25) is 0 Å². The van der Waals surface area contributed by atoms with E-state index in [2.05, 4.69) is 4.72 Å². The monoisotopic (exact) mass is 257 g/mol. The number of sulfonamides is 1. The number of rotatable bonds is 5. The topological polar surface area (TPSA) is 83.5 Å². The van der Waals surface area contributed by atoms with Crippen molar-refractivity contribution in [2.24, 2.45) is 0 Å². The van der Waals surface area contributed by atoms with Gasteiger partial charge in [0.15, 0.2) is 5.75 Å². The van der Waals surface area contributed by atoms with Crippen LogP contribution in [0.25, 0.3) is 0 Å². The van der Waals surface area contributed by atoms with Gasteiger partial charge in [0.25, 0.3) is 0 Å². The summed E-state index contributed by atoms with van der Waals surface area (Å²) in [5.41, 5.74) is 1.37. The van der Waals surface area contributed by atoms with Gasteiger partial charge in [-0.15, -0.1) is 0 Å². The van der Waals surface area contributed by atoms with E-state index >= 15 is 0 Å². The van der Waals surface area contributed by atoms with Crippen LogP contribution in [0.15, 0.2) is 24.3 Å².